The largest absolute Gasteiger partial charge is 0.342 e. The summed E-state index contributed by atoms with van der Waals surface area (Å²) in [5.41, 5.74) is 0. The van der Waals surface area contributed by atoms with Crippen LogP contribution in [-0.4, -0.2) is 37.0 Å². The number of nitrogens with zero attached hydrogens (tertiary/aromatic N) is 1. The van der Waals surface area contributed by atoms with Crippen molar-refractivity contribution in [3.05, 3.63) is 0 Å². The Kier molecular flexibility index (Phi) is 4.91. The van der Waals surface area contributed by atoms with Gasteiger partial charge in [-0.05, 0) is 44.2 Å². The van der Waals surface area contributed by atoms with E-state index in [1.54, 1.807) is 0 Å². The van der Waals surface area contributed by atoms with Gasteiger partial charge in [0.15, 0.2) is 0 Å². The molecule has 0 aromatic heterocycles. The number of hydrogen-bond acceptors (Lipinski definition) is 2. The third kappa shape index (κ3) is 2.83. The van der Waals surface area contributed by atoms with Gasteiger partial charge in [-0.3, -0.25) is 4.79 Å². The number of hydrogen-bond donors (Lipinski definition) is 1. The first-order chi connectivity index (χ1) is 8.34. The third-order valence-electron chi connectivity index (χ3n) is 4.97. The summed E-state index contributed by atoms with van der Waals surface area (Å²) in [5, 5.41) is 3.47. The van der Waals surface area contributed by atoms with Crippen molar-refractivity contribution in [2.45, 2.75) is 38.5 Å². The van der Waals surface area contributed by atoms with Gasteiger partial charge in [-0.25, -0.2) is 0 Å². The van der Waals surface area contributed by atoms with Gasteiger partial charge in [-0.2, -0.15) is 0 Å². The van der Waals surface area contributed by atoms with E-state index in [1.807, 2.05) is 0 Å². The molecule has 2 atom stereocenters. The fourth-order valence-corrected chi connectivity index (χ4v) is 3.84. The minimum Gasteiger partial charge on any atom is -0.342 e. The molecule has 3 aliphatic rings. The zero-order valence-electron chi connectivity index (χ0n) is 11.1. The molecule has 1 saturated carbocycles. The molecule has 3 rings (SSSR count). The Hall–Kier alpha value is -0.280. The van der Waals surface area contributed by atoms with Gasteiger partial charge in [0.25, 0.3) is 0 Å². The number of piperidine rings is 1. The molecule has 1 amide bonds. The van der Waals surface area contributed by atoms with E-state index in [2.05, 4.69) is 10.2 Å². The maximum atomic E-state index is 12.4. The van der Waals surface area contributed by atoms with Crippen LogP contribution in [0.5, 0.6) is 0 Å². The van der Waals surface area contributed by atoms with Crippen molar-refractivity contribution >= 4 is 18.3 Å². The Balaban J connectivity index is 0.00000120. The lowest BCUT2D eigenvalue weighted by Gasteiger charge is -2.37. The predicted octanol–water partition coefficient (Wildman–Crippen LogP) is 2.06. The van der Waals surface area contributed by atoms with Crippen molar-refractivity contribution in [1.82, 2.24) is 10.2 Å². The van der Waals surface area contributed by atoms with E-state index >= 15 is 0 Å². The topological polar surface area (TPSA) is 32.3 Å². The molecule has 0 aromatic rings. The minimum atomic E-state index is 0. The van der Waals surface area contributed by atoms with Crippen molar-refractivity contribution < 1.29 is 4.79 Å². The average molecular weight is 273 g/mol. The van der Waals surface area contributed by atoms with Crippen LogP contribution < -0.4 is 5.32 Å². The molecule has 2 aliphatic heterocycles. The number of amides is 1. The maximum absolute atomic E-state index is 12.4. The van der Waals surface area contributed by atoms with Crippen molar-refractivity contribution in [2.75, 3.05) is 26.2 Å². The molecule has 1 aliphatic carbocycles. The molecule has 0 bridgehead atoms. The van der Waals surface area contributed by atoms with E-state index in [0.717, 1.165) is 44.3 Å². The molecular formula is C14H25ClN2O. The zero-order chi connectivity index (χ0) is 11.7. The molecule has 2 heterocycles. The highest BCUT2D eigenvalue weighted by Gasteiger charge is 2.36. The smallest absolute Gasteiger partial charge is 0.225 e. The highest BCUT2D eigenvalue weighted by Crippen LogP contribution is 2.30. The summed E-state index contributed by atoms with van der Waals surface area (Å²) in [6.07, 6.45) is 7.35. The Morgan fingerprint density at radius 3 is 2.50 bits per heavy atom. The van der Waals surface area contributed by atoms with Crippen LogP contribution in [0.2, 0.25) is 0 Å². The van der Waals surface area contributed by atoms with Crippen LogP contribution in [0.15, 0.2) is 0 Å². The number of likely N-dealkylation sites (tertiary alicyclic amines) is 1. The molecule has 3 fully saturated rings. The van der Waals surface area contributed by atoms with Crippen LogP contribution in [0.25, 0.3) is 0 Å². The third-order valence-corrected chi connectivity index (χ3v) is 4.97. The second-order valence-corrected chi connectivity index (χ2v) is 6.09. The highest BCUT2D eigenvalue weighted by atomic mass is 35.5. The van der Waals surface area contributed by atoms with Gasteiger partial charge in [0.05, 0.1) is 0 Å². The average Bonchev–Trinajstić information content (AvgIpc) is 2.86. The van der Waals surface area contributed by atoms with Crippen LogP contribution in [0.4, 0.5) is 0 Å². The van der Waals surface area contributed by atoms with E-state index < -0.39 is 0 Å². The first kappa shape index (κ1) is 14.1. The predicted molar refractivity (Wildman–Crippen MR) is 74.9 cm³/mol. The molecule has 18 heavy (non-hydrogen) atoms. The van der Waals surface area contributed by atoms with E-state index in [-0.39, 0.29) is 12.4 Å². The molecule has 2 unspecified atom stereocenters. The van der Waals surface area contributed by atoms with E-state index in [1.165, 1.54) is 32.2 Å². The van der Waals surface area contributed by atoms with Gasteiger partial charge in [0.2, 0.25) is 5.91 Å². The second kappa shape index (κ2) is 6.25. The van der Waals surface area contributed by atoms with Gasteiger partial charge < -0.3 is 10.2 Å². The summed E-state index contributed by atoms with van der Waals surface area (Å²) in [7, 11) is 0. The van der Waals surface area contributed by atoms with E-state index in [4.69, 9.17) is 0 Å². The Bertz CT molecular complexity index is 292. The SMILES string of the molecule is Cl.O=C(C1CCCCC1)N1CCC2CNCC2C1. The van der Waals surface area contributed by atoms with Crippen LogP contribution in [-0.2, 0) is 4.79 Å². The summed E-state index contributed by atoms with van der Waals surface area (Å²) >= 11 is 0. The van der Waals surface area contributed by atoms with Gasteiger partial charge in [0.1, 0.15) is 0 Å². The molecule has 1 N–H and O–H groups in total. The summed E-state index contributed by atoms with van der Waals surface area (Å²) < 4.78 is 0. The normalized spacial score (nSPS) is 32.8. The van der Waals surface area contributed by atoms with Crippen molar-refractivity contribution in [1.29, 1.82) is 0 Å². The molecule has 3 nitrogen and oxygen atoms in total. The van der Waals surface area contributed by atoms with Gasteiger partial charge in [-0.15, -0.1) is 12.4 Å². The van der Waals surface area contributed by atoms with Crippen molar-refractivity contribution in [3.63, 3.8) is 0 Å². The van der Waals surface area contributed by atoms with Crippen LogP contribution in [0, 0.1) is 17.8 Å². The molecule has 0 radical (unpaired) electrons. The number of halogens is 1. The summed E-state index contributed by atoms with van der Waals surface area (Å²) in [5.74, 6) is 2.39. The monoisotopic (exact) mass is 272 g/mol. The molecule has 4 heteroatoms. The number of fused-ring (bicyclic) bond motifs is 1. The van der Waals surface area contributed by atoms with Gasteiger partial charge >= 0.3 is 0 Å². The quantitative estimate of drug-likeness (QED) is 0.793. The summed E-state index contributed by atoms with van der Waals surface area (Å²) in [4.78, 5) is 14.6. The first-order valence-corrected chi connectivity index (χ1v) is 7.34. The number of nitrogens with one attached hydrogen (secondary N) is 1. The number of carbonyl (C=O) groups is 1. The molecule has 104 valence electrons. The highest BCUT2D eigenvalue weighted by molar-refractivity contribution is 5.85. The zero-order valence-corrected chi connectivity index (χ0v) is 11.9. The minimum absolute atomic E-state index is 0. The standard InChI is InChI=1S/C14H24N2O.ClH/c17-14(11-4-2-1-3-5-11)16-7-6-12-8-15-9-13(12)10-16;/h11-13,15H,1-10H2;1H. The summed E-state index contributed by atoms with van der Waals surface area (Å²) in [6.45, 7) is 4.33. The van der Waals surface area contributed by atoms with E-state index in [9.17, 15) is 4.79 Å². The lowest BCUT2D eigenvalue weighted by Crippen LogP contribution is -2.46. The molecule has 2 saturated heterocycles. The lowest BCUT2D eigenvalue weighted by atomic mass is 9.85. The van der Waals surface area contributed by atoms with Gasteiger partial charge in [0, 0.05) is 19.0 Å². The van der Waals surface area contributed by atoms with Crippen LogP contribution in [0.1, 0.15) is 38.5 Å². The molecular weight excluding hydrogens is 248 g/mol. The summed E-state index contributed by atoms with van der Waals surface area (Å²) in [6, 6.07) is 0. The molecule has 0 spiro atoms. The number of rotatable bonds is 1. The maximum Gasteiger partial charge on any atom is 0.225 e. The first-order valence-electron chi connectivity index (χ1n) is 7.34. The van der Waals surface area contributed by atoms with Crippen LogP contribution >= 0.6 is 12.4 Å². The fraction of sp³-hybridized carbons (Fsp3) is 0.929. The number of carbonyl (C=O) groups excluding carboxylic acids is 1. The molecule has 0 aromatic carbocycles. The van der Waals surface area contributed by atoms with Crippen molar-refractivity contribution in [2.24, 2.45) is 17.8 Å². The Morgan fingerprint density at radius 1 is 1.00 bits per heavy atom. The van der Waals surface area contributed by atoms with Gasteiger partial charge in [-0.1, -0.05) is 19.3 Å². The van der Waals surface area contributed by atoms with Crippen molar-refractivity contribution in [3.8, 4) is 0 Å². The van der Waals surface area contributed by atoms with Crippen LogP contribution in [0.3, 0.4) is 0 Å². The Morgan fingerprint density at radius 2 is 1.72 bits per heavy atom. The van der Waals surface area contributed by atoms with E-state index in [0.29, 0.717) is 11.8 Å². The Labute approximate surface area is 116 Å². The fourth-order valence-electron chi connectivity index (χ4n) is 3.84. The second-order valence-electron chi connectivity index (χ2n) is 6.09. The lowest BCUT2D eigenvalue weighted by molar-refractivity contribution is -0.138.